The SMILES string of the molecule is Cc1cccc(I)c1C=NN=C(N)N. The summed E-state index contributed by atoms with van der Waals surface area (Å²) in [6.45, 7) is 2.01. The average Bonchev–Trinajstić information content (AvgIpc) is 2.09. The molecule has 0 fully saturated rings. The standard InChI is InChI=1S/C9H11IN4/c1-6-3-2-4-8(10)7(6)5-13-14-9(11)12/h2-5H,1H3,(H4,11,12,14). The molecule has 1 rings (SSSR count). The minimum atomic E-state index is -0.0372. The van der Waals surface area contributed by atoms with E-state index in [2.05, 4.69) is 32.8 Å². The first-order valence-electron chi connectivity index (χ1n) is 3.98. The van der Waals surface area contributed by atoms with Crippen molar-refractivity contribution in [2.45, 2.75) is 6.92 Å². The monoisotopic (exact) mass is 302 g/mol. The van der Waals surface area contributed by atoms with Gasteiger partial charge in [-0.15, -0.1) is 5.10 Å². The van der Waals surface area contributed by atoms with Crippen molar-refractivity contribution in [3.8, 4) is 0 Å². The molecule has 0 aliphatic heterocycles. The van der Waals surface area contributed by atoms with Gasteiger partial charge in [-0.3, -0.25) is 0 Å². The molecule has 0 bridgehead atoms. The Labute approximate surface area is 96.2 Å². The van der Waals surface area contributed by atoms with Crippen molar-refractivity contribution in [1.29, 1.82) is 0 Å². The highest BCUT2D eigenvalue weighted by Gasteiger charge is 1.98. The zero-order chi connectivity index (χ0) is 10.6. The second-order valence-electron chi connectivity index (χ2n) is 2.74. The highest BCUT2D eigenvalue weighted by Crippen LogP contribution is 2.13. The zero-order valence-corrected chi connectivity index (χ0v) is 9.89. The summed E-state index contributed by atoms with van der Waals surface area (Å²) in [5.41, 5.74) is 12.5. The third kappa shape index (κ3) is 2.99. The van der Waals surface area contributed by atoms with E-state index in [4.69, 9.17) is 11.5 Å². The van der Waals surface area contributed by atoms with Crippen LogP contribution in [0.15, 0.2) is 28.4 Å². The number of benzene rings is 1. The molecule has 0 heterocycles. The summed E-state index contributed by atoms with van der Waals surface area (Å²) in [4.78, 5) is 0. The number of nitrogens with zero attached hydrogens (tertiary/aromatic N) is 2. The van der Waals surface area contributed by atoms with Gasteiger partial charge in [-0.25, -0.2) is 0 Å². The number of halogens is 1. The Morgan fingerprint density at radius 3 is 2.71 bits per heavy atom. The van der Waals surface area contributed by atoms with E-state index in [0.29, 0.717) is 0 Å². The van der Waals surface area contributed by atoms with Gasteiger partial charge in [0.2, 0.25) is 5.96 Å². The summed E-state index contributed by atoms with van der Waals surface area (Å²) in [5.74, 6) is -0.0372. The van der Waals surface area contributed by atoms with Gasteiger partial charge in [-0.2, -0.15) is 5.10 Å². The Kier molecular flexibility index (Phi) is 3.87. The molecule has 0 saturated carbocycles. The zero-order valence-electron chi connectivity index (χ0n) is 7.74. The molecular weight excluding hydrogens is 291 g/mol. The number of hydrogen-bond donors (Lipinski definition) is 2. The normalized spacial score (nSPS) is 10.4. The molecule has 5 heteroatoms. The molecule has 0 spiro atoms. The van der Waals surface area contributed by atoms with Gasteiger partial charge in [0, 0.05) is 9.13 Å². The summed E-state index contributed by atoms with van der Waals surface area (Å²) in [6, 6.07) is 6.01. The van der Waals surface area contributed by atoms with Gasteiger partial charge in [0.25, 0.3) is 0 Å². The van der Waals surface area contributed by atoms with Gasteiger partial charge in [0.15, 0.2) is 0 Å². The van der Waals surface area contributed by atoms with Crippen LogP contribution in [0.25, 0.3) is 0 Å². The molecule has 0 aliphatic rings. The third-order valence-electron chi connectivity index (χ3n) is 1.63. The summed E-state index contributed by atoms with van der Waals surface area (Å²) >= 11 is 2.24. The average molecular weight is 302 g/mol. The highest BCUT2D eigenvalue weighted by molar-refractivity contribution is 14.1. The maximum absolute atomic E-state index is 5.14. The first kappa shape index (κ1) is 11.0. The molecule has 1 aromatic rings. The van der Waals surface area contributed by atoms with E-state index in [1.165, 1.54) is 0 Å². The number of aryl methyl sites for hydroxylation is 1. The van der Waals surface area contributed by atoms with Gasteiger partial charge < -0.3 is 11.5 Å². The largest absolute Gasteiger partial charge is 0.369 e. The van der Waals surface area contributed by atoms with Crippen LogP contribution in [0.4, 0.5) is 0 Å². The molecule has 14 heavy (non-hydrogen) atoms. The van der Waals surface area contributed by atoms with Crippen molar-refractivity contribution in [3.63, 3.8) is 0 Å². The fraction of sp³-hybridized carbons (Fsp3) is 0.111. The predicted molar refractivity (Wildman–Crippen MR) is 67.3 cm³/mol. The van der Waals surface area contributed by atoms with Crippen molar-refractivity contribution in [3.05, 3.63) is 32.9 Å². The van der Waals surface area contributed by atoms with Crippen LogP contribution in [-0.4, -0.2) is 12.2 Å². The van der Waals surface area contributed by atoms with E-state index in [9.17, 15) is 0 Å². The fourth-order valence-electron chi connectivity index (χ4n) is 0.962. The maximum atomic E-state index is 5.14. The van der Waals surface area contributed by atoms with E-state index < -0.39 is 0 Å². The van der Waals surface area contributed by atoms with Crippen molar-refractivity contribution in [2.75, 3.05) is 0 Å². The van der Waals surface area contributed by atoms with Crippen LogP contribution in [-0.2, 0) is 0 Å². The van der Waals surface area contributed by atoms with Crippen molar-refractivity contribution in [1.82, 2.24) is 0 Å². The minimum Gasteiger partial charge on any atom is -0.369 e. The van der Waals surface area contributed by atoms with Gasteiger partial charge in [-0.05, 0) is 41.1 Å². The number of nitrogens with two attached hydrogens (primary N) is 2. The van der Waals surface area contributed by atoms with Gasteiger partial charge in [-0.1, -0.05) is 12.1 Å². The molecule has 1 aromatic carbocycles. The Hall–Kier alpha value is -1.11. The minimum absolute atomic E-state index is 0.0372. The molecule has 0 aromatic heterocycles. The smallest absolute Gasteiger partial charge is 0.211 e. The van der Waals surface area contributed by atoms with Crippen LogP contribution in [0.1, 0.15) is 11.1 Å². The topological polar surface area (TPSA) is 76.8 Å². The van der Waals surface area contributed by atoms with Crippen LogP contribution in [0, 0.1) is 10.5 Å². The van der Waals surface area contributed by atoms with Gasteiger partial charge >= 0.3 is 0 Å². The van der Waals surface area contributed by atoms with E-state index in [-0.39, 0.29) is 5.96 Å². The summed E-state index contributed by atoms with van der Waals surface area (Å²) in [7, 11) is 0. The van der Waals surface area contributed by atoms with Crippen LogP contribution in [0.2, 0.25) is 0 Å². The summed E-state index contributed by atoms with van der Waals surface area (Å²) in [5, 5.41) is 7.31. The second kappa shape index (κ2) is 4.94. The molecule has 0 saturated heterocycles. The Morgan fingerprint density at radius 2 is 2.14 bits per heavy atom. The highest BCUT2D eigenvalue weighted by atomic mass is 127. The predicted octanol–water partition coefficient (Wildman–Crippen LogP) is 1.21. The Bertz CT molecular complexity index is 360. The first-order valence-corrected chi connectivity index (χ1v) is 5.06. The van der Waals surface area contributed by atoms with E-state index in [1.807, 2.05) is 25.1 Å². The number of hydrogen-bond acceptors (Lipinski definition) is 2. The van der Waals surface area contributed by atoms with Crippen molar-refractivity contribution < 1.29 is 0 Å². The lowest BCUT2D eigenvalue weighted by atomic mass is 10.1. The summed E-state index contributed by atoms with van der Waals surface area (Å²) in [6.07, 6.45) is 1.65. The lowest BCUT2D eigenvalue weighted by molar-refractivity contribution is 1.21. The Morgan fingerprint density at radius 1 is 1.43 bits per heavy atom. The molecule has 0 radical (unpaired) electrons. The Balaban J connectivity index is 2.97. The first-order chi connectivity index (χ1) is 6.61. The molecule has 0 aliphatic carbocycles. The molecule has 0 unspecified atom stereocenters. The van der Waals surface area contributed by atoms with Crippen LogP contribution < -0.4 is 11.5 Å². The molecule has 4 nitrogen and oxygen atoms in total. The molecular formula is C9H11IN4. The van der Waals surface area contributed by atoms with Crippen LogP contribution in [0.5, 0.6) is 0 Å². The van der Waals surface area contributed by atoms with E-state index >= 15 is 0 Å². The second-order valence-corrected chi connectivity index (χ2v) is 3.90. The quantitative estimate of drug-likeness (QED) is 0.373. The van der Waals surface area contributed by atoms with Crippen LogP contribution in [0.3, 0.4) is 0 Å². The van der Waals surface area contributed by atoms with Gasteiger partial charge in [0.05, 0.1) is 6.21 Å². The van der Waals surface area contributed by atoms with Crippen LogP contribution >= 0.6 is 22.6 Å². The lowest BCUT2D eigenvalue weighted by Gasteiger charge is -2.00. The third-order valence-corrected chi connectivity index (χ3v) is 2.57. The maximum Gasteiger partial charge on any atom is 0.211 e. The molecule has 0 atom stereocenters. The number of rotatable bonds is 2. The van der Waals surface area contributed by atoms with Gasteiger partial charge in [0.1, 0.15) is 0 Å². The molecule has 74 valence electrons. The van der Waals surface area contributed by atoms with Crippen molar-refractivity contribution in [2.24, 2.45) is 21.7 Å². The number of guanidine groups is 1. The fourth-order valence-corrected chi connectivity index (χ4v) is 1.73. The molecule has 4 N–H and O–H groups in total. The van der Waals surface area contributed by atoms with E-state index in [1.54, 1.807) is 6.21 Å². The van der Waals surface area contributed by atoms with Crippen molar-refractivity contribution >= 4 is 34.8 Å². The molecule has 0 amide bonds. The summed E-state index contributed by atoms with van der Waals surface area (Å²) < 4.78 is 1.12. The lowest BCUT2D eigenvalue weighted by Crippen LogP contribution is -2.21. The van der Waals surface area contributed by atoms with E-state index in [0.717, 1.165) is 14.7 Å².